The molecule has 5 rings (SSSR count). The fourth-order valence-corrected chi connectivity index (χ4v) is 7.09. The average Bonchev–Trinajstić information content (AvgIpc) is 3.56. The molecule has 2 aromatic carbocycles. The van der Waals surface area contributed by atoms with Crippen LogP contribution in [-0.4, -0.2) is 36.7 Å². The van der Waals surface area contributed by atoms with Gasteiger partial charge >= 0.3 is 6.18 Å². The molecule has 0 N–H and O–H groups in total. The molecule has 1 aliphatic heterocycles. The molecule has 0 bridgehead atoms. The van der Waals surface area contributed by atoms with Gasteiger partial charge in [0.15, 0.2) is 5.13 Å². The number of fused-ring (bicyclic) bond motifs is 1. The zero-order chi connectivity index (χ0) is 27.1. The number of benzene rings is 2. The second-order valence-corrected chi connectivity index (χ2v) is 12.2. The van der Waals surface area contributed by atoms with E-state index >= 15 is 0 Å². The van der Waals surface area contributed by atoms with Gasteiger partial charge in [-0.05, 0) is 67.3 Å². The van der Waals surface area contributed by atoms with E-state index < -0.39 is 27.7 Å². The molecule has 0 aliphatic carbocycles. The van der Waals surface area contributed by atoms with Gasteiger partial charge in [-0.3, -0.25) is 9.69 Å². The van der Waals surface area contributed by atoms with Crippen LogP contribution in [0.2, 0.25) is 0 Å². The first-order valence-electron chi connectivity index (χ1n) is 12.0. The molecule has 4 aromatic rings. The van der Waals surface area contributed by atoms with Gasteiger partial charge in [-0.25, -0.2) is 13.4 Å². The summed E-state index contributed by atoms with van der Waals surface area (Å²) in [5, 5.41) is 0.0668. The van der Waals surface area contributed by atoms with E-state index in [1.807, 2.05) is 6.92 Å². The molecule has 1 amide bonds. The van der Waals surface area contributed by atoms with Gasteiger partial charge < -0.3 is 4.42 Å². The number of thiazole rings is 1. The third kappa shape index (κ3) is 5.20. The first-order chi connectivity index (χ1) is 18.0. The maximum Gasteiger partial charge on any atom is 0.418 e. The number of amides is 1. The minimum absolute atomic E-state index is 0.0668. The summed E-state index contributed by atoms with van der Waals surface area (Å²) in [6.45, 7) is 2.83. The van der Waals surface area contributed by atoms with Crippen molar-refractivity contribution >= 4 is 42.6 Å². The van der Waals surface area contributed by atoms with E-state index in [0.717, 1.165) is 30.2 Å². The summed E-state index contributed by atoms with van der Waals surface area (Å²) in [5.41, 5.74) is -0.961. The molecule has 1 unspecified atom stereocenters. The number of furan rings is 1. The van der Waals surface area contributed by atoms with Crippen LogP contribution in [0.4, 0.5) is 18.3 Å². The first-order valence-corrected chi connectivity index (χ1v) is 14.2. The fourth-order valence-electron chi connectivity index (χ4n) is 4.50. The highest BCUT2D eigenvalue weighted by molar-refractivity contribution is 7.89. The van der Waals surface area contributed by atoms with Crippen molar-refractivity contribution in [2.45, 2.75) is 37.4 Å². The Bertz CT molecular complexity index is 1550. The Morgan fingerprint density at radius 1 is 1.16 bits per heavy atom. The molecular weight excluding hydrogens is 539 g/mol. The molecular formula is C26H24F3N3O4S2. The number of rotatable bonds is 6. The molecule has 38 heavy (non-hydrogen) atoms. The number of para-hydroxylation sites is 1. The maximum atomic E-state index is 13.6. The van der Waals surface area contributed by atoms with E-state index in [4.69, 9.17) is 4.42 Å². The summed E-state index contributed by atoms with van der Waals surface area (Å²) in [6, 6.07) is 12.6. The predicted octanol–water partition coefficient (Wildman–Crippen LogP) is 6.18. The molecule has 0 saturated carbocycles. The van der Waals surface area contributed by atoms with Crippen molar-refractivity contribution in [3.05, 3.63) is 77.7 Å². The van der Waals surface area contributed by atoms with Gasteiger partial charge in [-0.2, -0.15) is 17.5 Å². The van der Waals surface area contributed by atoms with Gasteiger partial charge in [-0.15, -0.1) is 0 Å². The van der Waals surface area contributed by atoms with Gasteiger partial charge in [0.1, 0.15) is 5.76 Å². The second kappa shape index (κ2) is 10.2. The number of halogens is 3. The summed E-state index contributed by atoms with van der Waals surface area (Å²) in [4.78, 5) is 19.1. The van der Waals surface area contributed by atoms with Crippen molar-refractivity contribution in [3.63, 3.8) is 0 Å². The Labute approximate surface area is 221 Å². The van der Waals surface area contributed by atoms with Crippen molar-refractivity contribution in [1.29, 1.82) is 0 Å². The Balaban J connectivity index is 1.48. The molecule has 0 radical (unpaired) electrons. The Morgan fingerprint density at radius 3 is 2.58 bits per heavy atom. The lowest BCUT2D eigenvalue weighted by Gasteiger charge is -2.30. The van der Waals surface area contributed by atoms with E-state index in [1.54, 1.807) is 12.1 Å². The minimum atomic E-state index is -4.60. The molecule has 0 spiro atoms. The molecule has 12 heteroatoms. The summed E-state index contributed by atoms with van der Waals surface area (Å²) >= 11 is 0.957. The van der Waals surface area contributed by atoms with Crippen molar-refractivity contribution in [1.82, 2.24) is 9.29 Å². The van der Waals surface area contributed by atoms with Crippen LogP contribution in [0.3, 0.4) is 0 Å². The Morgan fingerprint density at radius 2 is 1.92 bits per heavy atom. The highest BCUT2D eigenvalue weighted by Crippen LogP contribution is 2.39. The average molecular weight is 564 g/mol. The van der Waals surface area contributed by atoms with Crippen LogP contribution in [0.1, 0.15) is 41.4 Å². The highest BCUT2D eigenvalue weighted by Gasteiger charge is 2.35. The SMILES string of the molecule is CC1CCCN(S(=O)(=O)c2ccc(C(=O)N(Cc3ccco3)c3nc4c(C(F)(F)F)cccc4s3)cc2)C1. The molecule has 1 atom stereocenters. The van der Waals surface area contributed by atoms with Crippen molar-refractivity contribution in [2.75, 3.05) is 18.0 Å². The molecule has 1 aliphatic rings. The minimum Gasteiger partial charge on any atom is -0.467 e. The summed E-state index contributed by atoms with van der Waals surface area (Å²) < 4.78 is 74.0. The van der Waals surface area contributed by atoms with Gasteiger partial charge in [0.05, 0.1) is 33.5 Å². The number of hydrogen-bond acceptors (Lipinski definition) is 6. The lowest BCUT2D eigenvalue weighted by atomic mass is 10.0. The number of nitrogens with zero attached hydrogens (tertiary/aromatic N) is 3. The molecule has 7 nitrogen and oxygen atoms in total. The van der Waals surface area contributed by atoms with Gasteiger partial charge in [0.25, 0.3) is 5.91 Å². The Kier molecular flexibility index (Phi) is 7.05. The zero-order valence-electron chi connectivity index (χ0n) is 20.3. The normalized spacial score (nSPS) is 17.1. The third-order valence-electron chi connectivity index (χ3n) is 6.44. The quantitative estimate of drug-likeness (QED) is 0.280. The largest absolute Gasteiger partial charge is 0.467 e. The molecule has 2 aromatic heterocycles. The van der Waals surface area contributed by atoms with Crippen molar-refractivity contribution < 1.29 is 30.8 Å². The Hall–Kier alpha value is -3.22. The van der Waals surface area contributed by atoms with Crippen LogP contribution in [0.25, 0.3) is 10.2 Å². The van der Waals surface area contributed by atoms with Crippen LogP contribution in [0.15, 0.2) is 70.2 Å². The zero-order valence-corrected chi connectivity index (χ0v) is 21.9. The number of piperidine rings is 1. The number of sulfonamides is 1. The van der Waals surface area contributed by atoms with Gasteiger partial charge in [-0.1, -0.05) is 24.3 Å². The summed E-state index contributed by atoms with van der Waals surface area (Å²) in [7, 11) is -3.71. The topological polar surface area (TPSA) is 83.7 Å². The van der Waals surface area contributed by atoms with Crippen molar-refractivity contribution in [2.24, 2.45) is 5.92 Å². The van der Waals surface area contributed by atoms with Crippen LogP contribution in [-0.2, 0) is 22.7 Å². The first kappa shape index (κ1) is 26.4. The van der Waals surface area contributed by atoms with Gasteiger partial charge in [0, 0.05) is 18.7 Å². The number of alkyl halides is 3. The second-order valence-electron chi connectivity index (χ2n) is 9.25. The molecule has 1 fully saturated rings. The van der Waals surface area contributed by atoms with Crippen LogP contribution in [0.5, 0.6) is 0 Å². The smallest absolute Gasteiger partial charge is 0.418 e. The van der Waals surface area contributed by atoms with Crippen LogP contribution >= 0.6 is 11.3 Å². The number of carbonyl (C=O) groups is 1. The summed E-state index contributed by atoms with van der Waals surface area (Å²) in [5.74, 6) is 0.123. The van der Waals surface area contributed by atoms with E-state index in [2.05, 4.69) is 4.98 Å². The standard InChI is InChI=1S/C26H24F3N3O4S2/c1-17-5-3-13-31(15-17)38(34,35)20-11-9-18(10-12-20)24(33)32(16-19-6-4-14-36-19)25-30-23-21(26(27,28)29)7-2-8-22(23)37-25/h2,4,6-12,14,17H,3,5,13,15-16H2,1H3. The number of carbonyl (C=O) groups excluding carboxylic acids is 1. The number of anilines is 1. The lowest BCUT2D eigenvalue weighted by Crippen LogP contribution is -2.39. The predicted molar refractivity (Wildman–Crippen MR) is 137 cm³/mol. The van der Waals surface area contributed by atoms with E-state index in [0.29, 0.717) is 18.8 Å². The van der Waals surface area contributed by atoms with Gasteiger partial charge in [0.2, 0.25) is 10.0 Å². The van der Waals surface area contributed by atoms with E-state index in [1.165, 1.54) is 51.9 Å². The van der Waals surface area contributed by atoms with E-state index in [-0.39, 0.29) is 38.3 Å². The summed E-state index contributed by atoms with van der Waals surface area (Å²) in [6.07, 6.45) is -1.41. The molecule has 200 valence electrons. The monoisotopic (exact) mass is 563 g/mol. The maximum absolute atomic E-state index is 13.6. The van der Waals surface area contributed by atoms with Crippen LogP contribution in [0, 0.1) is 5.92 Å². The van der Waals surface area contributed by atoms with E-state index in [9.17, 15) is 26.4 Å². The molecule has 1 saturated heterocycles. The highest BCUT2D eigenvalue weighted by atomic mass is 32.2. The van der Waals surface area contributed by atoms with Crippen LogP contribution < -0.4 is 4.90 Å². The lowest BCUT2D eigenvalue weighted by molar-refractivity contribution is -0.136. The number of hydrogen-bond donors (Lipinski definition) is 0. The number of aromatic nitrogens is 1. The fraction of sp³-hybridized carbons (Fsp3) is 0.308. The third-order valence-corrected chi connectivity index (χ3v) is 9.36. The van der Waals surface area contributed by atoms with Crippen molar-refractivity contribution in [3.8, 4) is 0 Å². The molecule has 3 heterocycles.